The van der Waals surface area contributed by atoms with Crippen LogP contribution in [0, 0.1) is 11.6 Å². The number of hydrogen-bond donors (Lipinski definition) is 1. The first-order chi connectivity index (χ1) is 9.56. The minimum absolute atomic E-state index is 0.00597. The normalized spacial score (nSPS) is 10.3. The minimum atomic E-state index is -0.985. The second kappa shape index (κ2) is 6.14. The molecule has 0 aliphatic rings. The molecule has 0 aliphatic heterocycles. The molecule has 0 aliphatic carbocycles. The zero-order valence-electron chi connectivity index (χ0n) is 10.5. The number of aromatic carboxylic acids is 1. The van der Waals surface area contributed by atoms with Crippen molar-refractivity contribution in [3.8, 4) is 5.75 Å². The molecule has 0 fully saturated rings. The monoisotopic (exact) mass is 278 g/mol. The topological polar surface area (TPSA) is 46.5 Å². The molecule has 3 nitrogen and oxygen atoms in total. The minimum Gasteiger partial charge on any atom is -0.490 e. The maximum atomic E-state index is 13.3. The molecule has 2 aromatic rings. The Hall–Kier alpha value is -2.43. The second-order valence-electron chi connectivity index (χ2n) is 4.18. The van der Waals surface area contributed by atoms with E-state index in [2.05, 4.69) is 0 Å². The number of carboxylic acid groups (broad SMARTS) is 1. The van der Waals surface area contributed by atoms with Gasteiger partial charge in [0.2, 0.25) is 0 Å². The molecular weight excluding hydrogens is 266 g/mol. The molecule has 0 atom stereocenters. The van der Waals surface area contributed by atoms with E-state index in [1.54, 1.807) is 12.1 Å². The van der Waals surface area contributed by atoms with E-state index in [0.29, 0.717) is 6.42 Å². The van der Waals surface area contributed by atoms with Gasteiger partial charge in [-0.15, -0.1) is 0 Å². The number of carboxylic acids is 1. The molecule has 0 aromatic heterocycles. The Labute approximate surface area is 114 Å². The van der Waals surface area contributed by atoms with Crippen LogP contribution in [0.5, 0.6) is 5.75 Å². The summed E-state index contributed by atoms with van der Waals surface area (Å²) < 4.78 is 31.2. The van der Waals surface area contributed by atoms with Crippen molar-refractivity contribution in [2.24, 2.45) is 0 Å². The van der Waals surface area contributed by atoms with Crippen molar-refractivity contribution in [1.82, 2.24) is 0 Å². The van der Waals surface area contributed by atoms with Crippen molar-refractivity contribution in [2.45, 2.75) is 6.42 Å². The van der Waals surface area contributed by atoms with Crippen LogP contribution < -0.4 is 4.74 Å². The van der Waals surface area contributed by atoms with Crippen molar-refractivity contribution in [3.05, 3.63) is 65.2 Å². The largest absolute Gasteiger partial charge is 0.490 e. The van der Waals surface area contributed by atoms with E-state index in [9.17, 15) is 13.6 Å². The first-order valence-electron chi connectivity index (χ1n) is 5.96. The summed E-state index contributed by atoms with van der Waals surface area (Å²) in [5.41, 5.74) is 1.08. The number of carbonyl (C=O) groups is 1. The average molecular weight is 278 g/mol. The summed E-state index contributed by atoms with van der Waals surface area (Å²) in [6.45, 7) is 0.217. The number of hydrogen-bond acceptors (Lipinski definition) is 2. The molecule has 5 heteroatoms. The zero-order valence-corrected chi connectivity index (χ0v) is 10.5. The Kier molecular flexibility index (Phi) is 4.30. The number of benzene rings is 2. The van der Waals surface area contributed by atoms with Gasteiger partial charge in [0.1, 0.15) is 5.82 Å². The van der Waals surface area contributed by atoms with Crippen molar-refractivity contribution in [3.63, 3.8) is 0 Å². The molecule has 0 spiro atoms. The van der Waals surface area contributed by atoms with Crippen molar-refractivity contribution in [2.75, 3.05) is 6.61 Å². The smallest absolute Gasteiger partial charge is 0.335 e. The first kappa shape index (κ1) is 14.0. The van der Waals surface area contributed by atoms with Crippen LogP contribution in [0.25, 0.3) is 0 Å². The van der Waals surface area contributed by atoms with Gasteiger partial charge in [-0.05, 0) is 29.8 Å². The molecule has 0 bridgehead atoms. The number of rotatable bonds is 5. The van der Waals surface area contributed by atoms with E-state index in [1.165, 1.54) is 18.2 Å². The van der Waals surface area contributed by atoms with Gasteiger partial charge in [0.15, 0.2) is 11.6 Å². The standard InChI is InChI=1S/C15H12F2O3/c16-12-5-6-14(13(17)9-12)20-8-7-10-1-3-11(4-2-10)15(18)19/h1-6,9H,7-8H2,(H,18,19). The molecule has 0 saturated carbocycles. The summed E-state index contributed by atoms with van der Waals surface area (Å²) in [5, 5.41) is 8.76. The molecule has 2 aromatic carbocycles. The fourth-order valence-corrected chi connectivity index (χ4v) is 1.69. The average Bonchev–Trinajstić information content (AvgIpc) is 2.42. The lowest BCUT2D eigenvalue weighted by molar-refractivity contribution is 0.0697. The molecule has 0 radical (unpaired) electrons. The molecule has 0 heterocycles. The first-order valence-corrected chi connectivity index (χ1v) is 5.96. The highest BCUT2D eigenvalue weighted by molar-refractivity contribution is 5.87. The van der Waals surface area contributed by atoms with E-state index < -0.39 is 17.6 Å². The SMILES string of the molecule is O=C(O)c1ccc(CCOc2ccc(F)cc2F)cc1. The van der Waals surface area contributed by atoms with Crippen molar-refractivity contribution >= 4 is 5.97 Å². The Balaban J connectivity index is 1.91. The Morgan fingerprint density at radius 2 is 1.80 bits per heavy atom. The van der Waals surface area contributed by atoms with E-state index in [4.69, 9.17) is 9.84 Å². The third kappa shape index (κ3) is 3.54. The van der Waals surface area contributed by atoms with Gasteiger partial charge in [-0.1, -0.05) is 12.1 Å². The fraction of sp³-hybridized carbons (Fsp3) is 0.133. The molecular formula is C15H12F2O3. The molecule has 0 saturated heterocycles. The van der Waals surface area contributed by atoms with Crippen LogP contribution in [0.15, 0.2) is 42.5 Å². The summed E-state index contributed by atoms with van der Waals surface area (Å²) >= 11 is 0. The molecule has 0 unspecified atom stereocenters. The van der Waals surface area contributed by atoms with Gasteiger partial charge in [-0.25, -0.2) is 13.6 Å². The predicted molar refractivity (Wildman–Crippen MR) is 69.0 cm³/mol. The summed E-state index contributed by atoms with van der Waals surface area (Å²) in [7, 11) is 0. The lowest BCUT2D eigenvalue weighted by Crippen LogP contribution is -2.03. The lowest BCUT2D eigenvalue weighted by atomic mass is 10.1. The maximum absolute atomic E-state index is 13.3. The van der Waals surface area contributed by atoms with E-state index >= 15 is 0 Å². The number of halogens is 2. The number of ether oxygens (including phenoxy) is 1. The van der Waals surface area contributed by atoms with Gasteiger partial charge < -0.3 is 9.84 Å². The summed E-state index contributed by atoms with van der Waals surface area (Å²) in [5.74, 6) is -2.39. The Morgan fingerprint density at radius 1 is 1.10 bits per heavy atom. The molecule has 1 N–H and O–H groups in total. The van der Waals surface area contributed by atoms with Crippen LogP contribution in [0.3, 0.4) is 0 Å². The van der Waals surface area contributed by atoms with Gasteiger partial charge in [-0.2, -0.15) is 0 Å². The van der Waals surface area contributed by atoms with Crippen LogP contribution in [0.1, 0.15) is 15.9 Å². The van der Waals surface area contributed by atoms with Crippen molar-refractivity contribution < 1.29 is 23.4 Å². The summed E-state index contributed by atoms with van der Waals surface area (Å²) in [6, 6.07) is 9.46. The fourth-order valence-electron chi connectivity index (χ4n) is 1.69. The third-order valence-corrected chi connectivity index (χ3v) is 2.74. The van der Waals surface area contributed by atoms with Crippen LogP contribution in [0.2, 0.25) is 0 Å². The van der Waals surface area contributed by atoms with Gasteiger partial charge in [0.25, 0.3) is 0 Å². The Morgan fingerprint density at radius 3 is 2.40 bits per heavy atom. The highest BCUT2D eigenvalue weighted by Gasteiger charge is 2.05. The third-order valence-electron chi connectivity index (χ3n) is 2.74. The second-order valence-corrected chi connectivity index (χ2v) is 4.18. The van der Waals surface area contributed by atoms with Crippen LogP contribution in [-0.2, 0) is 6.42 Å². The molecule has 0 amide bonds. The Bertz CT molecular complexity index is 609. The summed E-state index contributed by atoms with van der Waals surface area (Å²) in [6.07, 6.45) is 0.497. The molecule has 20 heavy (non-hydrogen) atoms. The van der Waals surface area contributed by atoms with Gasteiger partial charge >= 0.3 is 5.97 Å². The van der Waals surface area contributed by atoms with Crippen LogP contribution in [-0.4, -0.2) is 17.7 Å². The molecule has 104 valence electrons. The highest BCUT2D eigenvalue weighted by Crippen LogP contribution is 2.17. The van der Waals surface area contributed by atoms with Crippen LogP contribution >= 0.6 is 0 Å². The highest BCUT2D eigenvalue weighted by atomic mass is 19.1. The summed E-state index contributed by atoms with van der Waals surface area (Å²) in [4.78, 5) is 10.7. The predicted octanol–water partition coefficient (Wildman–Crippen LogP) is 3.28. The van der Waals surface area contributed by atoms with Crippen LogP contribution in [0.4, 0.5) is 8.78 Å². The maximum Gasteiger partial charge on any atom is 0.335 e. The van der Waals surface area contributed by atoms with E-state index in [1.807, 2.05) is 0 Å². The van der Waals surface area contributed by atoms with Gasteiger partial charge in [0, 0.05) is 12.5 Å². The van der Waals surface area contributed by atoms with Gasteiger partial charge in [-0.3, -0.25) is 0 Å². The van der Waals surface area contributed by atoms with Gasteiger partial charge in [0.05, 0.1) is 12.2 Å². The zero-order chi connectivity index (χ0) is 14.5. The lowest BCUT2D eigenvalue weighted by Gasteiger charge is -2.07. The van der Waals surface area contributed by atoms with Crippen molar-refractivity contribution in [1.29, 1.82) is 0 Å². The van der Waals surface area contributed by atoms with E-state index in [0.717, 1.165) is 17.7 Å². The quantitative estimate of drug-likeness (QED) is 0.913. The van der Waals surface area contributed by atoms with E-state index in [-0.39, 0.29) is 17.9 Å². The molecule has 2 rings (SSSR count).